The summed E-state index contributed by atoms with van der Waals surface area (Å²) >= 11 is 0. The Balaban J connectivity index is 5.19. The lowest BCUT2D eigenvalue weighted by atomic mass is 10.0. The number of esters is 4. The highest BCUT2D eigenvalue weighted by molar-refractivity contribution is 7.47. The Labute approximate surface area is 549 Å². The van der Waals surface area contributed by atoms with E-state index in [0.29, 0.717) is 25.7 Å². The molecule has 0 aromatic carbocycles. The fourth-order valence-corrected chi connectivity index (χ4v) is 12.3. The van der Waals surface area contributed by atoms with Crippen LogP contribution in [0.15, 0.2) is 0 Å². The van der Waals surface area contributed by atoms with Crippen LogP contribution in [0.25, 0.3) is 0 Å². The van der Waals surface area contributed by atoms with E-state index >= 15 is 0 Å². The lowest BCUT2D eigenvalue weighted by Crippen LogP contribution is -2.30. The zero-order valence-electron chi connectivity index (χ0n) is 58.4. The van der Waals surface area contributed by atoms with Gasteiger partial charge >= 0.3 is 39.5 Å². The number of hydrogen-bond donors (Lipinski definition) is 3. The third-order valence-electron chi connectivity index (χ3n) is 16.5. The molecule has 2 unspecified atom stereocenters. The first kappa shape index (κ1) is 88.1. The molecule has 0 aliphatic rings. The van der Waals surface area contributed by atoms with Crippen molar-refractivity contribution in [3.05, 3.63) is 0 Å². The molecule has 534 valence electrons. The quantitative estimate of drug-likeness (QED) is 0.0222. The van der Waals surface area contributed by atoms with Gasteiger partial charge in [-0.3, -0.25) is 37.3 Å². The van der Waals surface area contributed by atoms with Gasteiger partial charge in [-0.05, 0) is 37.5 Å². The Hall–Kier alpha value is -1.94. The number of ether oxygens (including phenoxy) is 4. The summed E-state index contributed by atoms with van der Waals surface area (Å²) in [5.41, 5.74) is 0. The van der Waals surface area contributed by atoms with Gasteiger partial charge in [-0.25, -0.2) is 9.13 Å². The first-order valence-corrected chi connectivity index (χ1v) is 40.0. The Morgan fingerprint density at radius 3 is 0.756 bits per heavy atom. The maximum Gasteiger partial charge on any atom is 0.472 e. The third kappa shape index (κ3) is 64.8. The zero-order valence-corrected chi connectivity index (χ0v) is 60.2. The van der Waals surface area contributed by atoms with Crippen LogP contribution in [0.3, 0.4) is 0 Å². The van der Waals surface area contributed by atoms with Crippen molar-refractivity contribution in [2.24, 2.45) is 11.8 Å². The van der Waals surface area contributed by atoms with Crippen LogP contribution in [0.2, 0.25) is 0 Å². The Morgan fingerprint density at radius 1 is 0.300 bits per heavy atom. The molecule has 0 bridgehead atoms. The monoisotopic (exact) mass is 1320 g/mol. The van der Waals surface area contributed by atoms with Crippen LogP contribution >= 0.6 is 15.6 Å². The van der Waals surface area contributed by atoms with E-state index in [4.69, 9.17) is 37.0 Å². The lowest BCUT2D eigenvalue weighted by Gasteiger charge is -2.21. The number of hydrogen-bond acceptors (Lipinski definition) is 15. The summed E-state index contributed by atoms with van der Waals surface area (Å²) in [6.45, 7) is 9.54. The summed E-state index contributed by atoms with van der Waals surface area (Å²) in [5, 5.41) is 10.6. The van der Waals surface area contributed by atoms with Crippen molar-refractivity contribution in [1.29, 1.82) is 0 Å². The number of phosphoric ester groups is 2. The smallest absolute Gasteiger partial charge is 0.462 e. The topological polar surface area (TPSA) is 237 Å². The predicted octanol–water partition coefficient (Wildman–Crippen LogP) is 20.4. The summed E-state index contributed by atoms with van der Waals surface area (Å²) in [6, 6.07) is 0. The van der Waals surface area contributed by atoms with Crippen molar-refractivity contribution in [2.75, 3.05) is 39.6 Å². The van der Waals surface area contributed by atoms with E-state index in [1.54, 1.807) is 0 Å². The normalized spacial score (nSPS) is 14.1. The van der Waals surface area contributed by atoms with Crippen LogP contribution in [0, 0.1) is 11.8 Å². The summed E-state index contributed by atoms with van der Waals surface area (Å²) < 4.78 is 68.2. The van der Waals surface area contributed by atoms with Crippen LogP contribution < -0.4 is 0 Å². The molecule has 0 spiro atoms. The van der Waals surface area contributed by atoms with Gasteiger partial charge in [-0.2, -0.15) is 0 Å². The van der Waals surface area contributed by atoms with Gasteiger partial charge in [-0.1, -0.05) is 311 Å². The molecule has 0 radical (unpaired) electrons. The number of carbonyl (C=O) groups is 4. The van der Waals surface area contributed by atoms with Gasteiger partial charge in [0.2, 0.25) is 0 Å². The predicted molar refractivity (Wildman–Crippen MR) is 363 cm³/mol. The van der Waals surface area contributed by atoms with Crippen LogP contribution in [0.5, 0.6) is 0 Å². The minimum absolute atomic E-state index is 0.107. The fourth-order valence-electron chi connectivity index (χ4n) is 10.8. The number of rotatable bonds is 70. The van der Waals surface area contributed by atoms with Crippen LogP contribution in [-0.4, -0.2) is 96.7 Å². The van der Waals surface area contributed by atoms with Gasteiger partial charge in [0.05, 0.1) is 26.4 Å². The average molecular weight is 1330 g/mol. The van der Waals surface area contributed by atoms with E-state index in [1.165, 1.54) is 167 Å². The molecule has 0 fully saturated rings. The molecule has 0 rings (SSSR count). The van der Waals surface area contributed by atoms with Gasteiger partial charge in [0.25, 0.3) is 0 Å². The molecular formula is C71H138O17P2. The first-order valence-electron chi connectivity index (χ1n) is 37.0. The second-order valence-electron chi connectivity index (χ2n) is 26.6. The Morgan fingerprint density at radius 2 is 0.511 bits per heavy atom. The molecule has 0 aromatic heterocycles. The molecule has 0 saturated heterocycles. The molecule has 19 heteroatoms. The SMILES string of the molecule is CCCCCCCCCCCCCCC(=O)O[C@H](COC(=O)CCCCCCCCC)COP(=O)(O)OC[C@H](O)COP(=O)(O)OC[C@@H](COC(=O)CCCCCCCCCCCCC(C)C)OC(=O)CCCCCCCCCCCCCCCCCC(C)C. The van der Waals surface area contributed by atoms with Gasteiger partial charge in [-0.15, -0.1) is 0 Å². The second kappa shape index (κ2) is 63.1. The minimum Gasteiger partial charge on any atom is -0.462 e. The molecule has 0 aliphatic heterocycles. The summed E-state index contributed by atoms with van der Waals surface area (Å²) in [5.74, 6) is -0.565. The highest BCUT2D eigenvalue weighted by Crippen LogP contribution is 2.45. The van der Waals surface area contributed by atoms with E-state index in [9.17, 15) is 43.2 Å². The molecule has 0 aromatic rings. The van der Waals surface area contributed by atoms with Crippen molar-refractivity contribution < 1.29 is 80.2 Å². The van der Waals surface area contributed by atoms with Crippen molar-refractivity contribution >= 4 is 39.5 Å². The Kier molecular flexibility index (Phi) is 61.8. The fraction of sp³-hybridized carbons (Fsp3) is 0.944. The molecule has 3 N–H and O–H groups in total. The van der Waals surface area contributed by atoms with Crippen LogP contribution in [-0.2, 0) is 65.4 Å². The second-order valence-corrected chi connectivity index (χ2v) is 29.5. The van der Waals surface area contributed by atoms with E-state index < -0.39 is 97.5 Å². The van der Waals surface area contributed by atoms with Gasteiger partial charge < -0.3 is 33.8 Å². The van der Waals surface area contributed by atoms with Crippen LogP contribution in [0.1, 0.15) is 363 Å². The van der Waals surface area contributed by atoms with E-state index in [0.717, 1.165) is 115 Å². The van der Waals surface area contributed by atoms with E-state index in [-0.39, 0.29) is 25.7 Å². The van der Waals surface area contributed by atoms with Crippen molar-refractivity contribution in [1.82, 2.24) is 0 Å². The number of unbranched alkanes of at least 4 members (excludes halogenated alkanes) is 40. The van der Waals surface area contributed by atoms with Gasteiger partial charge in [0.1, 0.15) is 19.3 Å². The minimum atomic E-state index is -4.95. The standard InChI is InChI=1S/C71H138O17P2/c1-7-9-11-13-15-16-17-24-31-37-43-49-55-70(75)87-66(59-81-68(73)53-47-41-33-14-12-10-8-2)61-85-89(77,78)83-57-65(72)58-84-90(79,80)86-62-67(60-82-69(74)54-48-42-36-30-27-26-29-35-40-46-52-64(5)6)88-71(76)56-50-44-38-32-25-22-20-18-19-21-23-28-34-39-45-51-63(3)4/h63-67,72H,7-62H2,1-6H3,(H,77,78)(H,79,80)/t65-,66+,67+/m0/s1. The largest absolute Gasteiger partial charge is 0.472 e. The summed E-state index contributed by atoms with van der Waals surface area (Å²) in [4.78, 5) is 72.4. The van der Waals surface area contributed by atoms with Crippen molar-refractivity contribution in [3.63, 3.8) is 0 Å². The van der Waals surface area contributed by atoms with Crippen molar-refractivity contribution in [3.8, 4) is 0 Å². The molecule has 17 nitrogen and oxygen atoms in total. The number of aliphatic hydroxyl groups is 1. The van der Waals surface area contributed by atoms with E-state index in [1.807, 2.05) is 0 Å². The molecule has 0 amide bonds. The van der Waals surface area contributed by atoms with Crippen LogP contribution in [0.4, 0.5) is 0 Å². The Bertz CT molecular complexity index is 1750. The highest BCUT2D eigenvalue weighted by atomic mass is 31.2. The first-order chi connectivity index (χ1) is 43.4. The van der Waals surface area contributed by atoms with Gasteiger partial charge in [0.15, 0.2) is 12.2 Å². The average Bonchev–Trinajstić information content (AvgIpc) is 3.19. The molecular weight excluding hydrogens is 1190 g/mol. The van der Waals surface area contributed by atoms with Crippen molar-refractivity contribution in [2.45, 2.75) is 381 Å². The molecule has 90 heavy (non-hydrogen) atoms. The molecule has 5 atom stereocenters. The third-order valence-corrected chi connectivity index (χ3v) is 18.4. The molecule has 0 heterocycles. The maximum atomic E-state index is 13.0. The maximum absolute atomic E-state index is 13.0. The number of aliphatic hydroxyl groups excluding tert-OH is 1. The van der Waals surface area contributed by atoms with Gasteiger partial charge in [0, 0.05) is 25.7 Å². The molecule has 0 aliphatic carbocycles. The highest BCUT2D eigenvalue weighted by Gasteiger charge is 2.30. The van der Waals surface area contributed by atoms with E-state index in [2.05, 4.69) is 41.5 Å². The zero-order chi connectivity index (χ0) is 66.5. The number of carbonyl (C=O) groups excluding carboxylic acids is 4. The molecule has 0 saturated carbocycles. The number of phosphoric acid groups is 2. The lowest BCUT2D eigenvalue weighted by molar-refractivity contribution is -0.161. The summed E-state index contributed by atoms with van der Waals surface area (Å²) in [6.07, 6.45) is 48.6. The summed E-state index contributed by atoms with van der Waals surface area (Å²) in [7, 11) is -9.90.